The van der Waals surface area contributed by atoms with Gasteiger partial charge < -0.3 is 14.2 Å². The molecule has 2 aromatic carbocycles. The van der Waals surface area contributed by atoms with Crippen molar-refractivity contribution < 1.29 is 19.0 Å². The minimum Gasteiger partial charge on any atom is -0.493 e. The molecule has 0 N–H and O–H groups in total. The van der Waals surface area contributed by atoms with Gasteiger partial charge in [-0.25, -0.2) is 0 Å². The predicted molar refractivity (Wildman–Crippen MR) is 130 cm³/mol. The van der Waals surface area contributed by atoms with Gasteiger partial charge in [0.05, 0.1) is 25.2 Å². The molecular weight excluding hydrogens is 430 g/mol. The van der Waals surface area contributed by atoms with Crippen molar-refractivity contribution >= 4 is 40.3 Å². The van der Waals surface area contributed by atoms with Crippen molar-refractivity contribution in [2.24, 2.45) is 0 Å². The van der Waals surface area contributed by atoms with E-state index < -0.39 is 0 Å². The van der Waals surface area contributed by atoms with Gasteiger partial charge in [-0.05, 0) is 54.8 Å². The molecule has 1 amide bonds. The van der Waals surface area contributed by atoms with Crippen LogP contribution in [0.15, 0.2) is 47.4 Å². The van der Waals surface area contributed by atoms with Crippen LogP contribution in [-0.4, -0.2) is 42.0 Å². The zero-order valence-electron chi connectivity index (χ0n) is 18.1. The summed E-state index contributed by atoms with van der Waals surface area (Å²) in [5.41, 5.74) is 2.16. The fourth-order valence-corrected chi connectivity index (χ4v) is 4.45. The highest BCUT2D eigenvalue weighted by Crippen LogP contribution is 2.34. The van der Waals surface area contributed by atoms with Gasteiger partial charge >= 0.3 is 0 Å². The number of amides is 1. The molecule has 0 atom stereocenters. The molecular formula is C24H27NO4S2. The molecule has 1 aliphatic rings. The molecule has 0 spiro atoms. The maximum Gasteiger partial charge on any atom is 0.266 e. The molecule has 3 rings (SSSR count). The molecule has 0 saturated carbocycles. The van der Waals surface area contributed by atoms with E-state index in [4.69, 9.17) is 26.4 Å². The Bertz CT molecular complexity index is 957. The van der Waals surface area contributed by atoms with Crippen LogP contribution in [-0.2, 0) is 11.2 Å². The van der Waals surface area contributed by atoms with Gasteiger partial charge in [-0.1, -0.05) is 49.1 Å². The lowest BCUT2D eigenvalue weighted by molar-refractivity contribution is -0.121. The lowest BCUT2D eigenvalue weighted by Gasteiger charge is -2.12. The van der Waals surface area contributed by atoms with Gasteiger partial charge in [0.1, 0.15) is 10.1 Å². The third kappa shape index (κ3) is 6.02. The number of benzene rings is 2. The van der Waals surface area contributed by atoms with Crippen molar-refractivity contribution in [3.05, 3.63) is 58.5 Å². The second kappa shape index (κ2) is 11.2. The molecule has 0 aromatic heterocycles. The first-order chi connectivity index (χ1) is 15.0. The van der Waals surface area contributed by atoms with Crippen LogP contribution in [0.2, 0.25) is 0 Å². The standard InChI is InChI=1S/C24H27NO4S2/c1-4-17-7-10-19(11-8-17)28-13-6-14-29-20-12-9-18(15-21(20)27-3)16-22-23(26)25(5-2)24(30)31-22/h7-12,15-16H,4-6,13-14H2,1-3H3. The number of thiocarbonyl (C=S) groups is 1. The smallest absolute Gasteiger partial charge is 0.266 e. The number of methoxy groups -OCH3 is 1. The Morgan fingerprint density at radius 3 is 2.42 bits per heavy atom. The predicted octanol–water partition coefficient (Wildman–Crippen LogP) is 5.33. The number of rotatable bonds is 10. The first kappa shape index (κ1) is 23.2. The summed E-state index contributed by atoms with van der Waals surface area (Å²) in [5, 5.41) is 0. The molecule has 1 saturated heterocycles. The maximum absolute atomic E-state index is 12.4. The van der Waals surface area contributed by atoms with Gasteiger partial charge in [-0.15, -0.1) is 0 Å². The molecule has 1 fully saturated rings. The van der Waals surface area contributed by atoms with Crippen molar-refractivity contribution in [2.75, 3.05) is 26.9 Å². The number of ether oxygens (including phenoxy) is 3. The van der Waals surface area contributed by atoms with Crippen LogP contribution in [0.5, 0.6) is 17.2 Å². The zero-order chi connectivity index (χ0) is 22.2. The maximum atomic E-state index is 12.4. The minimum atomic E-state index is -0.0545. The number of hydrogen-bond acceptors (Lipinski definition) is 6. The van der Waals surface area contributed by atoms with Crippen LogP contribution in [0.25, 0.3) is 6.08 Å². The fourth-order valence-electron chi connectivity index (χ4n) is 3.07. The highest BCUT2D eigenvalue weighted by Gasteiger charge is 2.30. The highest BCUT2D eigenvalue weighted by molar-refractivity contribution is 8.26. The van der Waals surface area contributed by atoms with Crippen molar-refractivity contribution in [1.29, 1.82) is 0 Å². The third-order valence-corrected chi connectivity index (χ3v) is 6.20. The Labute approximate surface area is 193 Å². The van der Waals surface area contributed by atoms with E-state index in [1.54, 1.807) is 12.0 Å². The number of thioether (sulfide) groups is 1. The fraction of sp³-hybridized carbons (Fsp3) is 0.333. The molecule has 0 unspecified atom stereocenters. The average molecular weight is 458 g/mol. The summed E-state index contributed by atoms with van der Waals surface area (Å²) >= 11 is 6.58. The molecule has 0 radical (unpaired) electrons. The number of nitrogens with zero attached hydrogens (tertiary/aromatic N) is 1. The van der Waals surface area contributed by atoms with Crippen molar-refractivity contribution in [3.63, 3.8) is 0 Å². The summed E-state index contributed by atoms with van der Waals surface area (Å²) in [7, 11) is 1.60. The van der Waals surface area contributed by atoms with E-state index >= 15 is 0 Å². The van der Waals surface area contributed by atoms with Crippen LogP contribution < -0.4 is 14.2 Å². The Morgan fingerprint density at radius 1 is 1.03 bits per heavy atom. The lowest BCUT2D eigenvalue weighted by Crippen LogP contribution is -2.27. The molecule has 0 aliphatic carbocycles. The Hall–Kier alpha value is -2.51. The molecule has 1 aliphatic heterocycles. The van der Waals surface area contributed by atoms with Crippen LogP contribution in [0.1, 0.15) is 31.4 Å². The van der Waals surface area contributed by atoms with E-state index in [0.29, 0.717) is 40.5 Å². The number of carbonyl (C=O) groups excluding carboxylic acids is 1. The molecule has 1 heterocycles. The van der Waals surface area contributed by atoms with E-state index in [9.17, 15) is 4.79 Å². The van der Waals surface area contributed by atoms with Gasteiger partial charge in [0.2, 0.25) is 0 Å². The highest BCUT2D eigenvalue weighted by atomic mass is 32.2. The quantitative estimate of drug-likeness (QED) is 0.273. The van der Waals surface area contributed by atoms with Crippen LogP contribution >= 0.6 is 24.0 Å². The van der Waals surface area contributed by atoms with Crippen molar-refractivity contribution in [2.45, 2.75) is 26.7 Å². The Balaban J connectivity index is 1.53. The second-order valence-corrected chi connectivity index (χ2v) is 8.56. The summed E-state index contributed by atoms with van der Waals surface area (Å²) in [4.78, 5) is 14.6. The van der Waals surface area contributed by atoms with E-state index in [2.05, 4.69) is 19.1 Å². The summed E-state index contributed by atoms with van der Waals surface area (Å²) in [6, 6.07) is 13.8. The number of aryl methyl sites for hydroxylation is 1. The van der Waals surface area contributed by atoms with Gasteiger partial charge in [0.15, 0.2) is 11.5 Å². The Morgan fingerprint density at radius 2 is 1.77 bits per heavy atom. The molecule has 31 heavy (non-hydrogen) atoms. The molecule has 7 heteroatoms. The monoisotopic (exact) mass is 457 g/mol. The van der Waals surface area contributed by atoms with Gasteiger partial charge in [-0.2, -0.15) is 0 Å². The molecule has 2 aromatic rings. The zero-order valence-corrected chi connectivity index (χ0v) is 19.7. The van der Waals surface area contributed by atoms with Gasteiger partial charge in [0.25, 0.3) is 5.91 Å². The SMILES string of the molecule is CCc1ccc(OCCCOc2ccc(C=C3SC(=S)N(CC)C3=O)cc2OC)cc1. The summed E-state index contributed by atoms with van der Waals surface area (Å²) in [6.07, 6.45) is 3.60. The molecule has 164 valence electrons. The minimum absolute atomic E-state index is 0.0545. The van der Waals surface area contributed by atoms with E-state index in [1.165, 1.54) is 17.3 Å². The lowest BCUT2D eigenvalue weighted by atomic mass is 10.2. The van der Waals surface area contributed by atoms with E-state index in [-0.39, 0.29) is 5.91 Å². The van der Waals surface area contributed by atoms with Gasteiger partial charge in [-0.3, -0.25) is 9.69 Å². The summed E-state index contributed by atoms with van der Waals surface area (Å²) in [5.74, 6) is 2.09. The van der Waals surface area contributed by atoms with Crippen molar-refractivity contribution in [3.8, 4) is 17.2 Å². The normalized spacial score (nSPS) is 14.9. The first-order valence-corrected chi connectivity index (χ1v) is 11.6. The number of carbonyl (C=O) groups is 1. The first-order valence-electron chi connectivity index (χ1n) is 10.3. The molecule has 0 bridgehead atoms. The largest absolute Gasteiger partial charge is 0.493 e. The second-order valence-electron chi connectivity index (χ2n) is 6.88. The van der Waals surface area contributed by atoms with E-state index in [0.717, 1.165) is 24.2 Å². The summed E-state index contributed by atoms with van der Waals surface area (Å²) in [6.45, 7) is 5.71. The van der Waals surface area contributed by atoms with Crippen LogP contribution in [0.3, 0.4) is 0 Å². The van der Waals surface area contributed by atoms with Crippen LogP contribution in [0, 0.1) is 0 Å². The van der Waals surface area contributed by atoms with Gasteiger partial charge in [0, 0.05) is 13.0 Å². The molecule has 5 nitrogen and oxygen atoms in total. The van der Waals surface area contributed by atoms with E-state index in [1.807, 2.05) is 43.3 Å². The number of likely N-dealkylation sites (N-methyl/N-ethyl adjacent to an activating group) is 1. The van der Waals surface area contributed by atoms with Crippen LogP contribution in [0.4, 0.5) is 0 Å². The van der Waals surface area contributed by atoms with Crippen molar-refractivity contribution in [1.82, 2.24) is 4.90 Å². The summed E-state index contributed by atoms with van der Waals surface area (Å²) < 4.78 is 17.7. The topological polar surface area (TPSA) is 48.0 Å². The number of hydrogen-bond donors (Lipinski definition) is 0. The third-order valence-electron chi connectivity index (χ3n) is 4.82. The Kier molecular flexibility index (Phi) is 8.37. The average Bonchev–Trinajstić information content (AvgIpc) is 3.06.